The van der Waals surface area contributed by atoms with Gasteiger partial charge >= 0.3 is 0 Å². The van der Waals surface area contributed by atoms with Crippen LogP contribution in [0.5, 0.6) is 0 Å². The van der Waals surface area contributed by atoms with Gasteiger partial charge < -0.3 is 45.9 Å². The highest BCUT2D eigenvalue weighted by atomic mass is 16.4. The number of rotatable bonds is 10. The molecule has 3 aromatic rings. The van der Waals surface area contributed by atoms with Crippen LogP contribution in [-0.2, 0) is 25.9 Å². The van der Waals surface area contributed by atoms with Crippen molar-refractivity contribution in [3.05, 3.63) is 53.9 Å². The van der Waals surface area contributed by atoms with Crippen molar-refractivity contribution < 1.29 is 24.4 Å². The van der Waals surface area contributed by atoms with Gasteiger partial charge in [0, 0.05) is 52.7 Å². The predicted molar refractivity (Wildman–Crippen MR) is 132 cm³/mol. The van der Waals surface area contributed by atoms with E-state index < -0.39 is 11.8 Å². The lowest BCUT2D eigenvalue weighted by Crippen LogP contribution is -2.29. The van der Waals surface area contributed by atoms with Crippen LogP contribution in [0.4, 0.5) is 17.1 Å². The molecule has 4 amide bonds. The summed E-state index contributed by atoms with van der Waals surface area (Å²) in [6, 6.07) is 4.56. The molecular formula is C22H27N9O5. The highest BCUT2D eigenvalue weighted by Crippen LogP contribution is 2.19. The van der Waals surface area contributed by atoms with Gasteiger partial charge in [-0.2, -0.15) is 0 Å². The summed E-state index contributed by atoms with van der Waals surface area (Å²) in [5, 5.41) is 22.0. The van der Waals surface area contributed by atoms with Crippen LogP contribution in [-0.4, -0.2) is 55.4 Å². The van der Waals surface area contributed by atoms with E-state index in [9.17, 15) is 19.2 Å². The van der Waals surface area contributed by atoms with E-state index in [0.29, 0.717) is 34.9 Å². The molecule has 14 heteroatoms. The van der Waals surface area contributed by atoms with Crippen LogP contribution in [0.1, 0.15) is 37.9 Å². The summed E-state index contributed by atoms with van der Waals surface area (Å²) in [6.45, 7) is 0.178. The van der Waals surface area contributed by atoms with E-state index in [2.05, 4.69) is 26.4 Å². The number of nitrogens with zero attached hydrogens (tertiary/aromatic N) is 4. The lowest BCUT2D eigenvalue weighted by molar-refractivity contribution is -0.105. The van der Waals surface area contributed by atoms with Crippen LogP contribution in [0.2, 0.25) is 0 Å². The van der Waals surface area contributed by atoms with E-state index in [4.69, 9.17) is 10.9 Å². The lowest BCUT2D eigenvalue weighted by atomic mass is 10.3. The number of amidine groups is 1. The molecule has 0 bridgehead atoms. The van der Waals surface area contributed by atoms with Gasteiger partial charge in [0.25, 0.3) is 17.7 Å². The molecule has 0 aliphatic heterocycles. The molecule has 0 spiro atoms. The summed E-state index contributed by atoms with van der Waals surface area (Å²) in [5.74, 6) is -1.25. The topological polar surface area (TPSA) is 190 Å². The lowest BCUT2D eigenvalue weighted by Gasteiger charge is -2.04. The third kappa shape index (κ3) is 5.91. The Morgan fingerprint density at radius 3 is 1.78 bits per heavy atom. The third-order valence-corrected chi connectivity index (χ3v) is 5.25. The quantitative estimate of drug-likeness (QED) is 0.0783. The minimum absolute atomic E-state index is 0.00317. The zero-order valence-corrected chi connectivity index (χ0v) is 19.9. The second kappa shape index (κ2) is 10.9. The Kier molecular flexibility index (Phi) is 7.79. The first-order valence-electron chi connectivity index (χ1n) is 10.7. The fraction of sp³-hybridized carbons (Fsp3) is 0.227. The molecule has 3 heterocycles. The number of hydrogen-bond acceptors (Lipinski definition) is 6. The van der Waals surface area contributed by atoms with Gasteiger partial charge in [0.1, 0.15) is 22.9 Å². The van der Waals surface area contributed by atoms with Crippen molar-refractivity contribution in [2.75, 3.05) is 22.5 Å². The molecule has 0 aliphatic rings. The standard InChI is InChI=1S/C22H27N9O5/c1-29-9-13(25-12-32)6-17(29)21(34)27-15-8-18(31(3)11-15)22(35)26-14-7-16(30(2)10-14)20(33)24-5-4-19(23)28-36/h6-12,36H,4-5H2,1-3H3,(H2,23,28)(H,24,33)(H,25,32)(H,26,35)(H,27,34). The number of oxime groups is 1. The predicted octanol–water partition coefficient (Wildman–Crippen LogP) is 0.641. The van der Waals surface area contributed by atoms with Crippen LogP contribution in [0.3, 0.4) is 0 Å². The number of nitrogens with one attached hydrogen (secondary N) is 4. The summed E-state index contributed by atoms with van der Waals surface area (Å²) in [7, 11) is 4.98. The Morgan fingerprint density at radius 2 is 1.31 bits per heavy atom. The van der Waals surface area contributed by atoms with Crippen LogP contribution < -0.4 is 27.0 Å². The first kappa shape index (κ1) is 25.6. The number of anilines is 3. The average Bonchev–Trinajstić information content (AvgIpc) is 3.49. The summed E-state index contributed by atoms with van der Waals surface area (Å²) < 4.78 is 4.67. The van der Waals surface area contributed by atoms with Crippen molar-refractivity contribution in [1.82, 2.24) is 19.0 Å². The first-order chi connectivity index (χ1) is 17.1. The van der Waals surface area contributed by atoms with Crippen molar-refractivity contribution in [2.45, 2.75) is 6.42 Å². The maximum atomic E-state index is 12.9. The summed E-state index contributed by atoms with van der Waals surface area (Å²) in [6.07, 6.45) is 5.48. The number of aromatic nitrogens is 3. The van der Waals surface area contributed by atoms with E-state index in [1.165, 1.54) is 18.2 Å². The fourth-order valence-electron chi connectivity index (χ4n) is 3.49. The van der Waals surface area contributed by atoms with Gasteiger partial charge in [0.05, 0.1) is 17.1 Å². The Morgan fingerprint density at radius 1 is 0.861 bits per heavy atom. The number of aryl methyl sites for hydroxylation is 3. The van der Waals surface area contributed by atoms with Gasteiger partial charge in [-0.25, -0.2) is 0 Å². The molecule has 7 N–H and O–H groups in total. The maximum Gasteiger partial charge on any atom is 0.272 e. The molecule has 0 saturated heterocycles. The molecule has 0 fully saturated rings. The number of carbonyl (C=O) groups is 4. The molecule has 0 saturated carbocycles. The van der Waals surface area contributed by atoms with Gasteiger partial charge in [-0.3, -0.25) is 19.2 Å². The number of nitrogens with two attached hydrogens (primary N) is 1. The van der Waals surface area contributed by atoms with Crippen molar-refractivity contribution in [3.63, 3.8) is 0 Å². The highest BCUT2D eigenvalue weighted by molar-refractivity contribution is 6.07. The molecule has 0 aromatic carbocycles. The number of amides is 4. The van der Waals surface area contributed by atoms with E-state index in [1.807, 2.05) is 0 Å². The van der Waals surface area contributed by atoms with E-state index in [0.717, 1.165) is 0 Å². The second-order valence-corrected chi connectivity index (χ2v) is 7.94. The minimum atomic E-state index is -0.446. The van der Waals surface area contributed by atoms with Crippen LogP contribution in [0.15, 0.2) is 41.9 Å². The van der Waals surface area contributed by atoms with Gasteiger partial charge in [0.2, 0.25) is 6.41 Å². The first-order valence-corrected chi connectivity index (χ1v) is 10.7. The van der Waals surface area contributed by atoms with Crippen molar-refractivity contribution >= 4 is 47.0 Å². The Bertz CT molecular complexity index is 1330. The van der Waals surface area contributed by atoms with E-state index in [1.54, 1.807) is 53.4 Å². The van der Waals surface area contributed by atoms with Crippen LogP contribution in [0.25, 0.3) is 0 Å². The van der Waals surface area contributed by atoms with E-state index >= 15 is 0 Å². The zero-order chi connectivity index (χ0) is 26.4. The molecule has 36 heavy (non-hydrogen) atoms. The van der Waals surface area contributed by atoms with Gasteiger partial charge in [-0.05, 0) is 18.2 Å². The molecule has 3 rings (SSSR count). The van der Waals surface area contributed by atoms with Gasteiger partial charge in [-0.1, -0.05) is 5.16 Å². The molecule has 190 valence electrons. The van der Waals surface area contributed by atoms with Crippen LogP contribution >= 0.6 is 0 Å². The molecule has 14 nitrogen and oxygen atoms in total. The third-order valence-electron chi connectivity index (χ3n) is 5.25. The zero-order valence-electron chi connectivity index (χ0n) is 19.9. The summed E-state index contributed by atoms with van der Waals surface area (Å²) in [4.78, 5) is 48.5. The van der Waals surface area contributed by atoms with E-state index in [-0.39, 0.29) is 30.4 Å². The van der Waals surface area contributed by atoms with Crippen LogP contribution in [0, 0.1) is 0 Å². The smallest absolute Gasteiger partial charge is 0.272 e. The molecule has 0 radical (unpaired) electrons. The second-order valence-electron chi connectivity index (χ2n) is 7.94. The summed E-state index contributed by atoms with van der Waals surface area (Å²) in [5.41, 5.74) is 7.55. The maximum absolute atomic E-state index is 12.9. The Labute approximate surface area is 205 Å². The average molecular weight is 498 g/mol. The SMILES string of the molecule is Cn1cc(NC(=O)c2cc(NC(=O)c3cc(NC=O)cn3C)cn2C)cc1C(=O)NCCC(N)=NO. The minimum Gasteiger partial charge on any atom is -0.409 e. The molecular weight excluding hydrogens is 470 g/mol. The molecule has 3 aromatic heterocycles. The molecule has 0 aliphatic carbocycles. The molecule has 0 atom stereocenters. The fourth-order valence-corrected chi connectivity index (χ4v) is 3.49. The van der Waals surface area contributed by atoms with Crippen molar-refractivity contribution in [2.24, 2.45) is 32.0 Å². The van der Waals surface area contributed by atoms with Crippen molar-refractivity contribution in [3.8, 4) is 0 Å². The number of carbonyl (C=O) groups excluding carboxylic acids is 4. The van der Waals surface area contributed by atoms with Crippen molar-refractivity contribution in [1.29, 1.82) is 0 Å². The Hall–Kier alpha value is -5.01. The molecule has 0 unspecified atom stereocenters. The normalized spacial score (nSPS) is 11.1. The monoisotopic (exact) mass is 497 g/mol. The number of hydrogen-bond donors (Lipinski definition) is 6. The highest BCUT2D eigenvalue weighted by Gasteiger charge is 2.18. The Balaban J connectivity index is 1.65. The largest absolute Gasteiger partial charge is 0.409 e. The van der Waals surface area contributed by atoms with Gasteiger partial charge in [-0.15, -0.1) is 0 Å². The van der Waals surface area contributed by atoms with Gasteiger partial charge in [0.15, 0.2) is 0 Å². The summed E-state index contributed by atoms with van der Waals surface area (Å²) >= 11 is 0.